The van der Waals surface area contributed by atoms with Crippen molar-refractivity contribution in [1.29, 1.82) is 0 Å². The summed E-state index contributed by atoms with van der Waals surface area (Å²) in [6.07, 6.45) is 2.23. The maximum Gasteiger partial charge on any atom is 0.133 e. The summed E-state index contributed by atoms with van der Waals surface area (Å²) in [6, 6.07) is 1.89. The number of aliphatic hydroxyl groups is 1. The molecule has 0 amide bonds. The van der Waals surface area contributed by atoms with Crippen LogP contribution in [0.1, 0.15) is 25.6 Å². The summed E-state index contributed by atoms with van der Waals surface area (Å²) >= 11 is 3.36. The monoisotopic (exact) mass is 287 g/mol. The molecule has 0 atom stereocenters. The van der Waals surface area contributed by atoms with Gasteiger partial charge in [-0.2, -0.15) is 0 Å². The molecule has 0 unspecified atom stereocenters. The molecular formula is C11H18BrN3O. The Morgan fingerprint density at radius 3 is 2.69 bits per heavy atom. The Bertz CT molecular complexity index is 313. The van der Waals surface area contributed by atoms with E-state index in [0.717, 1.165) is 35.6 Å². The van der Waals surface area contributed by atoms with Gasteiger partial charge in [-0.25, -0.2) is 9.97 Å². The van der Waals surface area contributed by atoms with E-state index < -0.39 is 0 Å². The number of nitrogens with zero attached hydrogens (tertiary/aromatic N) is 3. The Labute approximate surface area is 105 Å². The number of aliphatic hydroxyl groups excluding tert-OH is 1. The number of aryl methyl sites for hydroxylation is 1. The highest BCUT2D eigenvalue weighted by molar-refractivity contribution is 9.10. The molecule has 1 N–H and O–H groups in total. The third-order valence-corrected chi connectivity index (χ3v) is 2.67. The van der Waals surface area contributed by atoms with E-state index >= 15 is 0 Å². The molecule has 0 saturated carbocycles. The highest BCUT2D eigenvalue weighted by Crippen LogP contribution is 2.16. The van der Waals surface area contributed by atoms with E-state index in [-0.39, 0.29) is 6.61 Å². The number of anilines is 1. The second-order valence-corrected chi connectivity index (χ2v) is 4.47. The number of aromatic nitrogens is 2. The van der Waals surface area contributed by atoms with Crippen LogP contribution >= 0.6 is 15.9 Å². The molecule has 0 saturated heterocycles. The predicted octanol–water partition coefficient (Wildman–Crippen LogP) is 2.15. The first-order valence-corrected chi connectivity index (χ1v) is 6.33. The molecular weight excluding hydrogens is 270 g/mol. The minimum Gasteiger partial charge on any atom is -0.395 e. The molecule has 0 aliphatic rings. The SMILES string of the molecule is CCCCN(CCO)c1cc(Br)nc(C)n1. The lowest BCUT2D eigenvalue weighted by Crippen LogP contribution is -2.28. The summed E-state index contributed by atoms with van der Waals surface area (Å²) in [6.45, 7) is 5.69. The number of rotatable bonds is 6. The molecule has 0 fully saturated rings. The van der Waals surface area contributed by atoms with Crippen LogP contribution in [0.25, 0.3) is 0 Å². The van der Waals surface area contributed by atoms with E-state index in [4.69, 9.17) is 5.11 Å². The van der Waals surface area contributed by atoms with Crippen LogP contribution in [-0.2, 0) is 0 Å². The average molecular weight is 288 g/mol. The van der Waals surface area contributed by atoms with E-state index in [2.05, 4.69) is 37.7 Å². The number of unbranched alkanes of at least 4 members (excludes halogenated alkanes) is 1. The average Bonchev–Trinajstić information content (AvgIpc) is 2.22. The Hall–Kier alpha value is -0.680. The molecule has 5 heteroatoms. The fraction of sp³-hybridized carbons (Fsp3) is 0.636. The molecule has 0 bridgehead atoms. The third-order valence-electron chi connectivity index (χ3n) is 2.27. The zero-order chi connectivity index (χ0) is 12.0. The first-order valence-electron chi connectivity index (χ1n) is 5.54. The van der Waals surface area contributed by atoms with Gasteiger partial charge in [-0.1, -0.05) is 13.3 Å². The van der Waals surface area contributed by atoms with Crippen LogP contribution in [0.15, 0.2) is 10.7 Å². The van der Waals surface area contributed by atoms with Crippen molar-refractivity contribution >= 4 is 21.7 Å². The molecule has 1 rings (SSSR count). The molecule has 0 radical (unpaired) electrons. The molecule has 0 aliphatic carbocycles. The summed E-state index contributed by atoms with van der Waals surface area (Å²) in [7, 11) is 0. The lowest BCUT2D eigenvalue weighted by Gasteiger charge is -2.22. The lowest BCUT2D eigenvalue weighted by atomic mass is 10.3. The van der Waals surface area contributed by atoms with Crippen molar-refractivity contribution in [2.45, 2.75) is 26.7 Å². The lowest BCUT2D eigenvalue weighted by molar-refractivity contribution is 0.301. The Kier molecular flexibility index (Phi) is 5.69. The summed E-state index contributed by atoms with van der Waals surface area (Å²) in [5, 5.41) is 9.04. The zero-order valence-corrected chi connectivity index (χ0v) is 11.4. The van der Waals surface area contributed by atoms with E-state index in [1.54, 1.807) is 0 Å². The first kappa shape index (κ1) is 13.4. The zero-order valence-electron chi connectivity index (χ0n) is 9.78. The largest absolute Gasteiger partial charge is 0.395 e. The summed E-state index contributed by atoms with van der Waals surface area (Å²) in [4.78, 5) is 10.6. The van der Waals surface area contributed by atoms with E-state index in [1.807, 2.05) is 13.0 Å². The maximum absolute atomic E-state index is 9.04. The van der Waals surface area contributed by atoms with Crippen LogP contribution in [0.5, 0.6) is 0 Å². The van der Waals surface area contributed by atoms with E-state index in [1.165, 1.54) is 0 Å². The van der Waals surface area contributed by atoms with Gasteiger partial charge in [-0.3, -0.25) is 0 Å². The second kappa shape index (κ2) is 6.81. The van der Waals surface area contributed by atoms with Crippen LogP contribution in [0, 0.1) is 6.92 Å². The van der Waals surface area contributed by atoms with E-state index in [0.29, 0.717) is 6.54 Å². The highest BCUT2D eigenvalue weighted by Gasteiger charge is 2.08. The predicted molar refractivity (Wildman–Crippen MR) is 68.7 cm³/mol. The molecule has 90 valence electrons. The van der Waals surface area contributed by atoms with Crippen molar-refractivity contribution in [2.24, 2.45) is 0 Å². The molecule has 0 aliphatic heterocycles. The van der Waals surface area contributed by atoms with Gasteiger partial charge in [0.05, 0.1) is 6.61 Å². The molecule has 0 aromatic carbocycles. The topological polar surface area (TPSA) is 49.2 Å². The van der Waals surface area contributed by atoms with Gasteiger partial charge in [0.2, 0.25) is 0 Å². The van der Waals surface area contributed by atoms with Crippen LogP contribution in [0.2, 0.25) is 0 Å². The smallest absolute Gasteiger partial charge is 0.133 e. The van der Waals surface area contributed by atoms with Crippen molar-refractivity contribution < 1.29 is 5.11 Å². The van der Waals surface area contributed by atoms with Crippen LogP contribution in [-0.4, -0.2) is 34.8 Å². The van der Waals surface area contributed by atoms with Gasteiger partial charge >= 0.3 is 0 Å². The normalized spacial score (nSPS) is 10.5. The Morgan fingerprint density at radius 1 is 1.38 bits per heavy atom. The maximum atomic E-state index is 9.04. The van der Waals surface area contributed by atoms with Gasteiger partial charge in [0, 0.05) is 19.2 Å². The number of halogens is 1. The van der Waals surface area contributed by atoms with Crippen molar-refractivity contribution in [3.63, 3.8) is 0 Å². The molecule has 1 aromatic heterocycles. The standard InChI is InChI=1S/C11H18BrN3O/c1-3-4-5-15(6-7-16)11-8-10(12)13-9(2)14-11/h8,16H,3-7H2,1-2H3. The fourth-order valence-corrected chi connectivity index (χ4v) is 1.95. The molecule has 1 aromatic rings. The quantitative estimate of drug-likeness (QED) is 0.815. The summed E-state index contributed by atoms with van der Waals surface area (Å²) in [5.41, 5.74) is 0. The Balaban J connectivity index is 2.82. The van der Waals surface area contributed by atoms with Gasteiger partial charge < -0.3 is 10.0 Å². The van der Waals surface area contributed by atoms with Crippen molar-refractivity contribution in [3.8, 4) is 0 Å². The minimum atomic E-state index is 0.143. The number of hydrogen-bond acceptors (Lipinski definition) is 4. The van der Waals surface area contributed by atoms with Gasteiger partial charge in [-0.15, -0.1) is 0 Å². The molecule has 4 nitrogen and oxygen atoms in total. The molecule has 0 spiro atoms. The Morgan fingerprint density at radius 2 is 2.12 bits per heavy atom. The van der Waals surface area contributed by atoms with Gasteiger partial charge in [0.15, 0.2) is 0 Å². The van der Waals surface area contributed by atoms with Crippen LogP contribution in [0.4, 0.5) is 5.82 Å². The first-order chi connectivity index (χ1) is 7.67. The van der Waals surface area contributed by atoms with Crippen molar-refractivity contribution in [3.05, 3.63) is 16.5 Å². The van der Waals surface area contributed by atoms with Gasteiger partial charge in [0.1, 0.15) is 16.2 Å². The highest BCUT2D eigenvalue weighted by atomic mass is 79.9. The molecule has 16 heavy (non-hydrogen) atoms. The van der Waals surface area contributed by atoms with Crippen molar-refractivity contribution in [1.82, 2.24) is 9.97 Å². The van der Waals surface area contributed by atoms with Gasteiger partial charge in [-0.05, 0) is 29.3 Å². The fourth-order valence-electron chi connectivity index (χ4n) is 1.49. The van der Waals surface area contributed by atoms with E-state index in [9.17, 15) is 0 Å². The minimum absolute atomic E-state index is 0.143. The third kappa shape index (κ3) is 4.06. The summed E-state index contributed by atoms with van der Waals surface area (Å²) < 4.78 is 0.787. The second-order valence-electron chi connectivity index (χ2n) is 3.66. The summed E-state index contributed by atoms with van der Waals surface area (Å²) in [5.74, 6) is 1.62. The van der Waals surface area contributed by atoms with Crippen molar-refractivity contribution in [2.75, 3.05) is 24.6 Å². The van der Waals surface area contributed by atoms with Crippen LogP contribution < -0.4 is 4.90 Å². The van der Waals surface area contributed by atoms with Gasteiger partial charge in [0.25, 0.3) is 0 Å². The van der Waals surface area contributed by atoms with Crippen LogP contribution in [0.3, 0.4) is 0 Å². The molecule has 1 heterocycles. The number of hydrogen-bond donors (Lipinski definition) is 1.